The summed E-state index contributed by atoms with van der Waals surface area (Å²) in [5.74, 6) is -2.14. The molecule has 3 N–H and O–H groups in total. The van der Waals surface area contributed by atoms with E-state index in [0.717, 1.165) is 27.8 Å². The summed E-state index contributed by atoms with van der Waals surface area (Å²) in [5.41, 5.74) is 5.18. The third-order valence-electron chi connectivity index (χ3n) is 7.13. The van der Waals surface area contributed by atoms with Crippen LogP contribution in [0.1, 0.15) is 36.5 Å². The fourth-order valence-electron chi connectivity index (χ4n) is 4.82. The molecule has 4 rings (SSSR count). The first kappa shape index (κ1) is 28.8. The highest BCUT2D eigenvalue weighted by molar-refractivity contribution is 5.90. The number of nitrogens with one attached hydrogen (secondary N) is 2. The Balaban J connectivity index is 1.39. The molecule has 0 heterocycles. The number of ether oxygens (including phenoxy) is 3. The van der Waals surface area contributed by atoms with Crippen molar-refractivity contribution in [3.05, 3.63) is 95.6 Å². The Labute approximate surface area is 233 Å². The fourth-order valence-corrected chi connectivity index (χ4v) is 4.82. The quantitative estimate of drug-likeness (QED) is 0.313. The Morgan fingerprint density at radius 1 is 0.800 bits per heavy atom. The van der Waals surface area contributed by atoms with Crippen LogP contribution in [0.15, 0.2) is 78.9 Å². The predicted octanol–water partition coefficient (Wildman–Crippen LogP) is 4.10. The maximum atomic E-state index is 13.2. The van der Waals surface area contributed by atoms with E-state index in [1.165, 1.54) is 7.11 Å². The molecule has 3 aromatic rings. The zero-order valence-corrected chi connectivity index (χ0v) is 22.7. The third-order valence-corrected chi connectivity index (χ3v) is 7.13. The standard InChI is InChI=1S/C31H34N2O7/c1-19(38-3)27(29(34)32-28(30(35)36)20(2)39-17-21-11-5-4-6-12-21)33-31(37)40-18-26-24-15-9-7-13-22(24)23-14-8-10-16-25(23)26/h4-16,19-20,26-28H,17-18H2,1-3H3,(H,32,34)(H,33,37)(H,35,36)/t19-,20-,27+,28+/m1/s1. The number of hydrogen-bond donors (Lipinski definition) is 3. The molecule has 0 saturated heterocycles. The monoisotopic (exact) mass is 546 g/mol. The van der Waals surface area contributed by atoms with Gasteiger partial charge >= 0.3 is 12.1 Å². The van der Waals surface area contributed by atoms with Crippen molar-refractivity contribution in [2.45, 2.75) is 50.7 Å². The molecule has 0 spiro atoms. The van der Waals surface area contributed by atoms with Crippen molar-refractivity contribution in [1.82, 2.24) is 10.6 Å². The molecule has 2 amide bonds. The van der Waals surface area contributed by atoms with Gasteiger partial charge in [0.25, 0.3) is 0 Å². The lowest BCUT2D eigenvalue weighted by atomic mass is 9.98. The van der Waals surface area contributed by atoms with Crippen LogP contribution >= 0.6 is 0 Å². The average Bonchev–Trinajstić information content (AvgIpc) is 3.29. The molecule has 0 unspecified atom stereocenters. The van der Waals surface area contributed by atoms with E-state index in [1.54, 1.807) is 13.8 Å². The fraction of sp³-hybridized carbons (Fsp3) is 0.323. The number of alkyl carbamates (subject to hydrolysis) is 1. The number of benzene rings is 3. The van der Waals surface area contributed by atoms with Crippen LogP contribution in [0.4, 0.5) is 4.79 Å². The number of hydrogen-bond acceptors (Lipinski definition) is 6. The molecule has 0 aliphatic heterocycles. The summed E-state index contributed by atoms with van der Waals surface area (Å²) in [6.07, 6.45) is -2.43. The Bertz CT molecular complexity index is 1280. The van der Waals surface area contributed by atoms with Gasteiger partial charge in [-0.2, -0.15) is 0 Å². The normalized spacial score (nSPS) is 15.2. The van der Waals surface area contributed by atoms with Crippen LogP contribution in [0.3, 0.4) is 0 Å². The summed E-state index contributed by atoms with van der Waals surface area (Å²) in [6, 6.07) is 22.7. The van der Waals surface area contributed by atoms with Gasteiger partial charge in [-0.05, 0) is 41.7 Å². The van der Waals surface area contributed by atoms with Crippen molar-refractivity contribution in [2.24, 2.45) is 0 Å². The van der Waals surface area contributed by atoms with E-state index in [1.807, 2.05) is 78.9 Å². The zero-order chi connectivity index (χ0) is 28.6. The van der Waals surface area contributed by atoms with Crippen molar-refractivity contribution in [3.8, 4) is 11.1 Å². The summed E-state index contributed by atoms with van der Waals surface area (Å²) in [7, 11) is 1.39. The van der Waals surface area contributed by atoms with E-state index >= 15 is 0 Å². The van der Waals surface area contributed by atoms with Gasteiger partial charge in [0.15, 0.2) is 6.04 Å². The van der Waals surface area contributed by atoms with Crippen LogP contribution < -0.4 is 10.6 Å². The van der Waals surface area contributed by atoms with Crippen molar-refractivity contribution in [1.29, 1.82) is 0 Å². The number of rotatable bonds is 12. The minimum Gasteiger partial charge on any atom is -0.480 e. The highest BCUT2D eigenvalue weighted by Crippen LogP contribution is 2.44. The lowest BCUT2D eigenvalue weighted by Crippen LogP contribution is -2.58. The minimum atomic E-state index is -1.35. The van der Waals surface area contributed by atoms with Gasteiger partial charge < -0.3 is 30.0 Å². The molecule has 210 valence electrons. The van der Waals surface area contributed by atoms with E-state index in [-0.39, 0.29) is 19.1 Å². The van der Waals surface area contributed by atoms with E-state index in [4.69, 9.17) is 14.2 Å². The molecule has 3 aromatic carbocycles. The SMILES string of the molecule is CO[C@H](C)[C@H](NC(=O)OCC1c2ccccc2-c2ccccc21)C(=O)N[C@H](C(=O)O)[C@@H](C)OCc1ccccc1. The molecule has 0 saturated carbocycles. The largest absolute Gasteiger partial charge is 0.480 e. The number of carbonyl (C=O) groups excluding carboxylic acids is 2. The number of aliphatic carboxylic acids is 1. The summed E-state index contributed by atoms with van der Waals surface area (Å²) in [4.78, 5) is 38.0. The van der Waals surface area contributed by atoms with Crippen molar-refractivity contribution in [2.75, 3.05) is 13.7 Å². The first-order valence-electron chi connectivity index (χ1n) is 13.1. The number of amides is 2. The van der Waals surface area contributed by atoms with Gasteiger partial charge in [0.2, 0.25) is 5.91 Å². The summed E-state index contributed by atoms with van der Waals surface area (Å²) >= 11 is 0. The van der Waals surface area contributed by atoms with Crippen molar-refractivity contribution < 1.29 is 33.7 Å². The summed E-state index contributed by atoms with van der Waals surface area (Å²) in [5, 5.41) is 14.8. The Morgan fingerprint density at radius 2 is 1.38 bits per heavy atom. The lowest BCUT2D eigenvalue weighted by molar-refractivity contribution is -0.147. The second-order valence-electron chi connectivity index (χ2n) is 9.71. The van der Waals surface area contributed by atoms with Gasteiger partial charge in [-0.1, -0.05) is 78.9 Å². The number of carboxylic acid groups (broad SMARTS) is 1. The van der Waals surface area contributed by atoms with Gasteiger partial charge in [-0.25, -0.2) is 9.59 Å². The second kappa shape index (κ2) is 13.2. The van der Waals surface area contributed by atoms with Crippen LogP contribution in [-0.2, 0) is 30.4 Å². The topological polar surface area (TPSA) is 123 Å². The Hall–Kier alpha value is -4.21. The molecular formula is C31H34N2O7. The summed E-state index contributed by atoms with van der Waals surface area (Å²) < 4.78 is 16.6. The number of fused-ring (bicyclic) bond motifs is 3. The van der Waals surface area contributed by atoms with Crippen LogP contribution in [0.5, 0.6) is 0 Å². The van der Waals surface area contributed by atoms with E-state index in [2.05, 4.69) is 10.6 Å². The molecule has 0 aromatic heterocycles. The first-order valence-corrected chi connectivity index (χ1v) is 13.1. The van der Waals surface area contributed by atoms with E-state index < -0.39 is 42.3 Å². The molecule has 40 heavy (non-hydrogen) atoms. The highest BCUT2D eigenvalue weighted by atomic mass is 16.5. The molecule has 0 fully saturated rings. The average molecular weight is 547 g/mol. The molecule has 9 nitrogen and oxygen atoms in total. The van der Waals surface area contributed by atoms with Crippen LogP contribution in [0.25, 0.3) is 11.1 Å². The van der Waals surface area contributed by atoms with Gasteiger partial charge in [-0.15, -0.1) is 0 Å². The molecule has 4 atom stereocenters. The second-order valence-corrected chi connectivity index (χ2v) is 9.71. The maximum absolute atomic E-state index is 13.2. The first-order chi connectivity index (χ1) is 19.3. The number of methoxy groups -OCH3 is 1. The molecule has 1 aliphatic carbocycles. The third kappa shape index (κ3) is 6.67. The van der Waals surface area contributed by atoms with E-state index in [9.17, 15) is 19.5 Å². The van der Waals surface area contributed by atoms with E-state index in [0.29, 0.717) is 0 Å². The number of carboxylic acids is 1. The van der Waals surface area contributed by atoms with Crippen LogP contribution in [-0.4, -0.2) is 61.1 Å². The van der Waals surface area contributed by atoms with Gasteiger partial charge in [-0.3, -0.25) is 4.79 Å². The van der Waals surface area contributed by atoms with Crippen LogP contribution in [0.2, 0.25) is 0 Å². The Kier molecular flexibility index (Phi) is 9.52. The predicted molar refractivity (Wildman–Crippen MR) is 149 cm³/mol. The maximum Gasteiger partial charge on any atom is 0.407 e. The highest BCUT2D eigenvalue weighted by Gasteiger charge is 2.35. The van der Waals surface area contributed by atoms with Gasteiger partial charge in [0, 0.05) is 13.0 Å². The van der Waals surface area contributed by atoms with Crippen molar-refractivity contribution in [3.63, 3.8) is 0 Å². The molecule has 1 aliphatic rings. The van der Waals surface area contributed by atoms with Gasteiger partial charge in [0.1, 0.15) is 12.6 Å². The minimum absolute atomic E-state index is 0.0671. The Morgan fingerprint density at radius 3 is 1.95 bits per heavy atom. The van der Waals surface area contributed by atoms with Crippen molar-refractivity contribution >= 4 is 18.0 Å². The zero-order valence-electron chi connectivity index (χ0n) is 22.7. The molecule has 0 bridgehead atoms. The van der Waals surface area contributed by atoms with Gasteiger partial charge in [0.05, 0.1) is 18.8 Å². The molecular weight excluding hydrogens is 512 g/mol. The van der Waals surface area contributed by atoms with Crippen LogP contribution in [0, 0.1) is 0 Å². The summed E-state index contributed by atoms with van der Waals surface area (Å²) in [6.45, 7) is 3.41. The molecule has 0 radical (unpaired) electrons. The molecule has 9 heteroatoms. The number of carbonyl (C=O) groups is 3. The lowest BCUT2D eigenvalue weighted by Gasteiger charge is -2.27. The smallest absolute Gasteiger partial charge is 0.407 e.